The zero-order valence-electron chi connectivity index (χ0n) is 9.08. The maximum absolute atomic E-state index is 10.6. The van der Waals surface area contributed by atoms with Crippen molar-refractivity contribution in [1.82, 2.24) is 4.98 Å². The molecule has 7 heteroatoms. The molecule has 0 fully saturated rings. The maximum atomic E-state index is 10.6. The zero-order chi connectivity index (χ0) is 13.1. The quantitative estimate of drug-likeness (QED) is 0.477. The lowest BCUT2D eigenvalue weighted by Crippen LogP contribution is -2.26. The molecule has 1 aliphatic carbocycles. The van der Waals surface area contributed by atoms with Gasteiger partial charge in [0.1, 0.15) is 11.5 Å². The van der Waals surface area contributed by atoms with Gasteiger partial charge in [-0.2, -0.15) is 0 Å². The molecule has 2 N–H and O–H groups in total. The minimum Gasteiger partial charge on any atom is -0.455 e. The molecule has 18 heavy (non-hydrogen) atoms. The van der Waals surface area contributed by atoms with E-state index in [2.05, 4.69) is 4.98 Å². The van der Waals surface area contributed by atoms with Gasteiger partial charge in [-0.05, 0) is 18.2 Å². The Labute approximate surface area is 102 Å². The van der Waals surface area contributed by atoms with Crippen molar-refractivity contribution in [1.29, 1.82) is 10.8 Å². The number of nitrogens with one attached hydrogen (secondary N) is 2. The van der Waals surface area contributed by atoms with Gasteiger partial charge in [-0.3, -0.25) is 25.9 Å². The Kier molecular flexibility index (Phi) is 2.96. The minimum absolute atomic E-state index is 0.0943. The van der Waals surface area contributed by atoms with E-state index in [0.29, 0.717) is 5.75 Å². The van der Waals surface area contributed by atoms with Crippen LogP contribution in [0.25, 0.3) is 0 Å². The average molecular weight is 244 g/mol. The summed E-state index contributed by atoms with van der Waals surface area (Å²) in [6.45, 7) is 0. The van der Waals surface area contributed by atoms with Gasteiger partial charge in [0, 0.05) is 18.5 Å². The van der Waals surface area contributed by atoms with Crippen molar-refractivity contribution in [2.24, 2.45) is 0 Å². The number of nitro groups is 1. The molecule has 0 aliphatic heterocycles. The van der Waals surface area contributed by atoms with Crippen LogP contribution in [-0.2, 0) is 0 Å². The molecule has 0 saturated heterocycles. The Balaban J connectivity index is 2.28. The summed E-state index contributed by atoms with van der Waals surface area (Å²) < 4.78 is 5.35. The third-order valence-electron chi connectivity index (χ3n) is 2.22. The lowest BCUT2D eigenvalue weighted by molar-refractivity contribution is -0.414. The van der Waals surface area contributed by atoms with Crippen LogP contribution in [-0.4, -0.2) is 21.3 Å². The van der Waals surface area contributed by atoms with Crippen LogP contribution in [0.5, 0.6) is 5.75 Å². The van der Waals surface area contributed by atoms with Crippen LogP contribution in [0.3, 0.4) is 0 Å². The molecule has 1 aromatic heterocycles. The summed E-state index contributed by atoms with van der Waals surface area (Å²) in [7, 11) is 0. The normalized spacial score (nSPS) is 14.9. The third kappa shape index (κ3) is 2.14. The average Bonchev–Trinajstić information content (AvgIpc) is 2.36. The van der Waals surface area contributed by atoms with E-state index >= 15 is 0 Å². The van der Waals surface area contributed by atoms with Gasteiger partial charge in [0.25, 0.3) is 5.70 Å². The second-order valence-electron chi connectivity index (χ2n) is 3.37. The highest BCUT2D eigenvalue weighted by Crippen LogP contribution is 2.18. The zero-order valence-corrected chi connectivity index (χ0v) is 9.08. The lowest BCUT2D eigenvalue weighted by atomic mass is 10.1. The Morgan fingerprint density at radius 1 is 1.17 bits per heavy atom. The third-order valence-corrected chi connectivity index (χ3v) is 2.22. The van der Waals surface area contributed by atoms with Crippen molar-refractivity contribution in [3.8, 4) is 5.75 Å². The molecule has 2 rings (SSSR count). The van der Waals surface area contributed by atoms with Crippen molar-refractivity contribution in [3.63, 3.8) is 0 Å². The highest BCUT2D eigenvalue weighted by Gasteiger charge is 2.28. The number of hydrogen-bond donors (Lipinski definition) is 2. The van der Waals surface area contributed by atoms with Crippen LogP contribution in [0.4, 0.5) is 0 Å². The molecule has 0 amide bonds. The highest BCUT2D eigenvalue weighted by atomic mass is 16.6. The summed E-state index contributed by atoms with van der Waals surface area (Å²) in [5.41, 5.74) is -1.20. The van der Waals surface area contributed by atoms with Gasteiger partial charge < -0.3 is 4.74 Å². The van der Waals surface area contributed by atoms with Gasteiger partial charge in [0.2, 0.25) is 0 Å². The van der Waals surface area contributed by atoms with Crippen molar-refractivity contribution in [2.75, 3.05) is 0 Å². The Bertz CT molecular complexity index is 590. The van der Waals surface area contributed by atoms with E-state index in [1.54, 1.807) is 12.1 Å². The lowest BCUT2D eigenvalue weighted by Gasteiger charge is -2.13. The molecule has 1 heterocycles. The number of ether oxygens (including phenoxy) is 1. The van der Waals surface area contributed by atoms with Crippen molar-refractivity contribution in [2.45, 2.75) is 0 Å². The van der Waals surface area contributed by atoms with Gasteiger partial charge in [0.05, 0.1) is 4.92 Å². The van der Waals surface area contributed by atoms with Crippen molar-refractivity contribution in [3.05, 3.63) is 58.2 Å². The van der Waals surface area contributed by atoms with Crippen LogP contribution in [0.2, 0.25) is 0 Å². The first kappa shape index (κ1) is 11.6. The second-order valence-corrected chi connectivity index (χ2v) is 3.37. The molecule has 1 aromatic rings. The molecule has 0 unspecified atom stereocenters. The first-order valence-corrected chi connectivity index (χ1v) is 4.92. The van der Waals surface area contributed by atoms with Crippen LogP contribution in [0, 0.1) is 20.9 Å². The molecule has 90 valence electrons. The summed E-state index contributed by atoms with van der Waals surface area (Å²) in [6.07, 6.45) is 5.49. The number of pyridine rings is 1. The smallest absolute Gasteiger partial charge is 0.296 e. The number of hydrogen-bond acceptors (Lipinski definition) is 6. The molecule has 7 nitrogen and oxygen atoms in total. The van der Waals surface area contributed by atoms with E-state index in [-0.39, 0.29) is 11.5 Å². The molecule has 0 atom stereocenters. The van der Waals surface area contributed by atoms with Crippen molar-refractivity contribution >= 4 is 11.4 Å². The fraction of sp³-hybridized carbons (Fsp3) is 0. The Hall–Kier alpha value is -2.83. The van der Waals surface area contributed by atoms with Gasteiger partial charge in [-0.1, -0.05) is 0 Å². The molecule has 0 spiro atoms. The van der Waals surface area contributed by atoms with Crippen LogP contribution < -0.4 is 4.74 Å². The first-order chi connectivity index (χ1) is 8.59. The molecule has 0 radical (unpaired) electrons. The Morgan fingerprint density at radius 2 is 1.83 bits per heavy atom. The van der Waals surface area contributed by atoms with Crippen LogP contribution in [0.15, 0.2) is 48.1 Å². The van der Waals surface area contributed by atoms with Crippen LogP contribution in [0.1, 0.15) is 0 Å². The first-order valence-electron chi connectivity index (χ1n) is 4.92. The topological polar surface area (TPSA) is 113 Å². The van der Waals surface area contributed by atoms with E-state index in [4.69, 9.17) is 15.6 Å². The predicted molar refractivity (Wildman–Crippen MR) is 63.5 cm³/mol. The molecule has 0 aromatic carbocycles. The van der Waals surface area contributed by atoms with E-state index < -0.39 is 16.3 Å². The standard InChI is InChI=1S/C11H8N4O3/c12-10-8(15(16)17)1-2-9(11(10)13)18-7-3-5-14-6-4-7/h1-6,12-13H. The van der Waals surface area contributed by atoms with E-state index in [1.807, 2.05) is 0 Å². The van der Waals surface area contributed by atoms with Crippen LogP contribution >= 0.6 is 0 Å². The van der Waals surface area contributed by atoms with Gasteiger partial charge in [-0.15, -0.1) is 0 Å². The summed E-state index contributed by atoms with van der Waals surface area (Å²) in [4.78, 5) is 13.7. The molecular weight excluding hydrogens is 236 g/mol. The Morgan fingerprint density at radius 3 is 2.44 bits per heavy atom. The van der Waals surface area contributed by atoms with Gasteiger partial charge >= 0.3 is 0 Å². The van der Waals surface area contributed by atoms with E-state index in [0.717, 1.165) is 6.08 Å². The summed E-state index contributed by atoms with van der Waals surface area (Å²) in [6, 6.07) is 3.18. The van der Waals surface area contributed by atoms with Gasteiger partial charge in [0.15, 0.2) is 11.5 Å². The number of aromatic nitrogens is 1. The largest absolute Gasteiger partial charge is 0.455 e. The summed E-state index contributed by atoms with van der Waals surface area (Å²) >= 11 is 0. The molecular formula is C11H8N4O3. The van der Waals surface area contributed by atoms with Crippen molar-refractivity contribution < 1.29 is 9.66 Å². The highest BCUT2D eigenvalue weighted by molar-refractivity contribution is 6.51. The molecule has 0 saturated carbocycles. The fourth-order valence-electron chi connectivity index (χ4n) is 1.34. The summed E-state index contributed by atoms with van der Waals surface area (Å²) in [5, 5.41) is 25.8. The fourth-order valence-corrected chi connectivity index (χ4v) is 1.34. The predicted octanol–water partition coefficient (Wildman–Crippen LogP) is 1.56. The number of nitrogens with zero attached hydrogens (tertiary/aromatic N) is 2. The van der Waals surface area contributed by atoms with E-state index in [9.17, 15) is 10.1 Å². The number of allylic oxidation sites excluding steroid dienone is 4. The monoisotopic (exact) mass is 244 g/mol. The van der Waals surface area contributed by atoms with E-state index in [1.165, 1.54) is 18.5 Å². The maximum Gasteiger partial charge on any atom is 0.296 e. The minimum atomic E-state index is -0.698. The SMILES string of the molecule is N=C1C(=N)C([N+](=O)[O-])=CC=C1Oc1ccncc1. The second kappa shape index (κ2) is 4.58. The van der Waals surface area contributed by atoms with Gasteiger partial charge in [-0.25, -0.2) is 0 Å². The molecule has 0 bridgehead atoms. The number of rotatable bonds is 3. The molecule has 1 aliphatic rings. The summed E-state index contributed by atoms with van der Waals surface area (Å²) in [5.74, 6) is 0.545.